The Morgan fingerprint density at radius 2 is 1.63 bits per heavy atom. The molecule has 1 aromatic heterocycles. The molecule has 0 saturated heterocycles. The number of rotatable bonds is 5. The van der Waals surface area contributed by atoms with Crippen LogP contribution in [0.15, 0.2) is 24.3 Å². The Balaban J connectivity index is 2.32. The smallest absolute Gasteiger partial charge is 0.330 e. The molecule has 0 amide bonds. The second-order valence-electron chi connectivity index (χ2n) is 3.33. The largest absolute Gasteiger partial charge is 0.493 e. The Kier molecular flexibility index (Phi) is 3.94. The van der Waals surface area contributed by atoms with Gasteiger partial charge in [0.05, 0.1) is 14.2 Å². The van der Waals surface area contributed by atoms with Gasteiger partial charge in [-0.05, 0) is 12.1 Å². The van der Waals surface area contributed by atoms with Gasteiger partial charge in [0.2, 0.25) is 5.95 Å². The number of hydrogen-bond donors (Lipinski definition) is 2. The number of nitrogens with zero attached hydrogens (tertiary/aromatic N) is 3. The van der Waals surface area contributed by atoms with Crippen molar-refractivity contribution in [3.63, 3.8) is 0 Å². The Bertz CT molecular complexity index is 542. The molecular formula is C11H13N5O3. The van der Waals surface area contributed by atoms with Gasteiger partial charge in [-0.2, -0.15) is 9.97 Å². The van der Waals surface area contributed by atoms with E-state index in [1.54, 1.807) is 25.3 Å². The fourth-order valence-electron chi connectivity index (χ4n) is 1.34. The maximum Gasteiger partial charge on any atom is 0.330 e. The third-order valence-electron chi connectivity index (χ3n) is 2.18. The SMILES string of the molecule is COc1nc(NN)nc(Oc2ccccc2OC)n1. The number of anilines is 1. The molecule has 0 aliphatic rings. The van der Waals surface area contributed by atoms with E-state index in [2.05, 4.69) is 20.4 Å². The lowest BCUT2D eigenvalue weighted by Crippen LogP contribution is -2.12. The molecule has 0 saturated carbocycles. The van der Waals surface area contributed by atoms with E-state index in [4.69, 9.17) is 20.1 Å². The summed E-state index contributed by atoms with van der Waals surface area (Å²) < 4.78 is 15.6. The highest BCUT2D eigenvalue weighted by atomic mass is 16.5. The maximum absolute atomic E-state index is 5.52. The number of hydrazine groups is 1. The fraction of sp³-hybridized carbons (Fsp3) is 0.182. The van der Waals surface area contributed by atoms with Gasteiger partial charge in [-0.15, -0.1) is 4.98 Å². The molecule has 2 aromatic rings. The molecular weight excluding hydrogens is 250 g/mol. The summed E-state index contributed by atoms with van der Waals surface area (Å²) in [7, 11) is 2.98. The van der Waals surface area contributed by atoms with Crippen LogP contribution in [-0.2, 0) is 0 Å². The topological polar surface area (TPSA) is 104 Å². The van der Waals surface area contributed by atoms with Crippen molar-refractivity contribution in [1.29, 1.82) is 0 Å². The Hall–Kier alpha value is -2.61. The predicted octanol–water partition coefficient (Wildman–Crippen LogP) is 0.967. The molecule has 100 valence electrons. The van der Waals surface area contributed by atoms with Gasteiger partial charge in [0.25, 0.3) is 0 Å². The molecule has 0 bridgehead atoms. The van der Waals surface area contributed by atoms with Crippen LogP contribution in [0.25, 0.3) is 0 Å². The number of benzene rings is 1. The van der Waals surface area contributed by atoms with Crippen LogP contribution in [0.3, 0.4) is 0 Å². The Morgan fingerprint density at radius 3 is 2.26 bits per heavy atom. The number of methoxy groups -OCH3 is 2. The van der Waals surface area contributed by atoms with Crippen molar-refractivity contribution in [3.05, 3.63) is 24.3 Å². The summed E-state index contributed by atoms with van der Waals surface area (Å²) in [5.74, 6) is 6.42. The molecule has 0 aliphatic carbocycles. The zero-order valence-electron chi connectivity index (χ0n) is 10.5. The van der Waals surface area contributed by atoms with Crippen LogP contribution >= 0.6 is 0 Å². The second kappa shape index (κ2) is 5.83. The summed E-state index contributed by atoms with van der Waals surface area (Å²) in [5.41, 5.74) is 2.30. The van der Waals surface area contributed by atoms with Crippen molar-refractivity contribution in [3.8, 4) is 23.5 Å². The van der Waals surface area contributed by atoms with Crippen LogP contribution < -0.4 is 25.5 Å². The Labute approximate surface area is 109 Å². The van der Waals surface area contributed by atoms with E-state index < -0.39 is 0 Å². The van der Waals surface area contributed by atoms with Crippen molar-refractivity contribution in [2.24, 2.45) is 5.84 Å². The number of nitrogens with two attached hydrogens (primary N) is 1. The molecule has 0 aliphatic heterocycles. The number of ether oxygens (including phenoxy) is 3. The zero-order chi connectivity index (χ0) is 13.7. The van der Waals surface area contributed by atoms with Gasteiger partial charge in [0, 0.05) is 0 Å². The quantitative estimate of drug-likeness (QED) is 0.607. The summed E-state index contributed by atoms with van der Waals surface area (Å²) in [5, 5.41) is 0. The summed E-state index contributed by atoms with van der Waals surface area (Å²) in [6.07, 6.45) is 0. The summed E-state index contributed by atoms with van der Waals surface area (Å²) in [6, 6.07) is 7.25. The van der Waals surface area contributed by atoms with E-state index in [-0.39, 0.29) is 18.0 Å². The molecule has 3 N–H and O–H groups in total. The molecule has 1 aromatic carbocycles. The molecule has 0 radical (unpaired) electrons. The highest BCUT2D eigenvalue weighted by Gasteiger charge is 2.10. The molecule has 19 heavy (non-hydrogen) atoms. The van der Waals surface area contributed by atoms with Crippen LogP contribution in [0.4, 0.5) is 5.95 Å². The van der Waals surface area contributed by atoms with Crippen LogP contribution in [0, 0.1) is 0 Å². The zero-order valence-corrected chi connectivity index (χ0v) is 10.5. The average molecular weight is 263 g/mol. The molecule has 0 fully saturated rings. The summed E-state index contributed by atoms with van der Waals surface area (Å²) in [6.45, 7) is 0. The van der Waals surface area contributed by atoms with Gasteiger partial charge in [-0.3, -0.25) is 5.43 Å². The Morgan fingerprint density at radius 1 is 0.947 bits per heavy atom. The average Bonchev–Trinajstić information content (AvgIpc) is 2.47. The number of aromatic nitrogens is 3. The minimum Gasteiger partial charge on any atom is -0.493 e. The number of para-hydroxylation sites is 2. The van der Waals surface area contributed by atoms with Crippen molar-refractivity contribution >= 4 is 5.95 Å². The van der Waals surface area contributed by atoms with E-state index in [1.165, 1.54) is 7.11 Å². The van der Waals surface area contributed by atoms with Gasteiger partial charge < -0.3 is 14.2 Å². The van der Waals surface area contributed by atoms with E-state index in [1.807, 2.05) is 6.07 Å². The van der Waals surface area contributed by atoms with Crippen LogP contribution in [0.5, 0.6) is 23.5 Å². The molecule has 8 nitrogen and oxygen atoms in total. The molecule has 0 spiro atoms. The second-order valence-corrected chi connectivity index (χ2v) is 3.33. The first-order valence-corrected chi connectivity index (χ1v) is 5.34. The van der Waals surface area contributed by atoms with Gasteiger partial charge >= 0.3 is 12.0 Å². The van der Waals surface area contributed by atoms with E-state index in [0.29, 0.717) is 11.5 Å². The number of nitrogens with one attached hydrogen (secondary N) is 1. The van der Waals surface area contributed by atoms with Crippen molar-refractivity contribution in [1.82, 2.24) is 15.0 Å². The van der Waals surface area contributed by atoms with E-state index >= 15 is 0 Å². The lowest BCUT2D eigenvalue weighted by atomic mass is 10.3. The van der Waals surface area contributed by atoms with E-state index in [0.717, 1.165) is 0 Å². The fourth-order valence-corrected chi connectivity index (χ4v) is 1.34. The molecule has 0 unspecified atom stereocenters. The monoisotopic (exact) mass is 263 g/mol. The van der Waals surface area contributed by atoms with Crippen molar-refractivity contribution in [2.45, 2.75) is 0 Å². The van der Waals surface area contributed by atoms with Crippen LogP contribution in [-0.4, -0.2) is 29.2 Å². The molecule has 2 rings (SSSR count). The standard InChI is InChI=1S/C11H13N5O3/c1-17-7-5-3-4-6-8(7)19-11-14-9(16-12)13-10(15-11)18-2/h3-6H,12H2,1-2H3,(H,13,14,15,16). The normalized spacial score (nSPS) is 9.84. The highest BCUT2D eigenvalue weighted by Crippen LogP contribution is 2.29. The van der Waals surface area contributed by atoms with Crippen LogP contribution in [0.1, 0.15) is 0 Å². The predicted molar refractivity (Wildman–Crippen MR) is 67.3 cm³/mol. The first-order valence-electron chi connectivity index (χ1n) is 5.34. The highest BCUT2D eigenvalue weighted by molar-refractivity contribution is 5.41. The van der Waals surface area contributed by atoms with Gasteiger partial charge in [0.15, 0.2) is 11.5 Å². The summed E-state index contributed by atoms with van der Waals surface area (Å²) >= 11 is 0. The van der Waals surface area contributed by atoms with Crippen molar-refractivity contribution in [2.75, 3.05) is 19.6 Å². The van der Waals surface area contributed by atoms with Gasteiger partial charge in [-0.25, -0.2) is 5.84 Å². The molecule has 1 heterocycles. The maximum atomic E-state index is 5.52. The van der Waals surface area contributed by atoms with Gasteiger partial charge in [0.1, 0.15) is 0 Å². The third-order valence-corrected chi connectivity index (χ3v) is 2.18. The summed E-state index contributed by atoms with van der Waals surface area (Å²) in [4.78, 5) is 11.8. The number of nitrogen functional groups attached to an aromatic ring is 1. The first-order chi connectivity index (χ1) is 9.26. The lowest BCUT2D eigenvalue weighted by molar-refractivity contribution is 0.346. The van der Waals surface area contributed by atoms with Crippen molar-refractivity contribution < 1.29 is 14.2 Å². The van der Waals surface area contributed by atoms with Crippen LogP contribution in [0.2, 0.25) is 0 Å². The third kappa shape index (κ3) is 2.99. The number of hydrogen-bond acceptors (Lipinski definition) is 8. The minimum absolute atomic E-state index is 0.0456. The van der Waals surface area contributed by atoms with Gasteiger partial charge in [-0.1, -0.05) is 12.1 Å². The molecule has 8 heteroatoms. The van der Waals surface area contributed by atoms with E-state index in [9.17, 15) is 0 Å². The molecule has 0 atom stereocenters. The minimum atomic E-state index is 0.0456. The first kappa shape index (κ1) is 12.8. The lowest BCUT2D eigenvalue weighted by Gasteiger charge is -2.09.